The minimum absolute atomic E-state index is 0.0285. The molecule has 0 atom stereocenters. The maximum atomic E-state index is 11.9. The first-order chi connectivity index (χ1) is 10.3. The molecule has 0 saturated heterocycles. The molecule has 3 rings (SSSR count). The Kier molecular flexibility index (Phi) is 4.26. The number of thioether (sulfide) groups is 1. The maximum Gasteiger partial charge on any atom is 0.208 e. The number of nitrogens with zero attached hydrogens (tertiary/aromatic N) is 1. The Hall–Kier alpha value is -1.79. The fraction of sp³-hybridized carbons (Fsp3) is 0.200. The number of rotatable bonds is 6. The highest BCUT2D eigenvalue weighted by molar-refractivity contribution is 8.01. The van der Waals surface area contributed by atoms with Gasteiger partial charge < -0.3 is 9.15 Å². The molecule has 0 aliphatic carbocycles. The molecule has 0 N–H and O–H groups in total. The molecule has 3 aromatic rings. The van der Waals surface area contributed by atoms with Crippen molar-refractivity contribution in [3.8, 4) is 5.75 Å². The van der Waals surface area contributed by atoms with Gasteiger partial charge in [-0.2, -0.15) is 0 Å². The molecule has 0 radical (unpaired) electrons. The van der Waals surface area contributed by atoms with E-state index in [-0.39, 0.29) is 5.78 Å². The van der Waals surface area contributed by atoms with Crippen molar-refractivity contribution in [3.05, 3.63) is 42.4 Å². The third kappa shape index (κ3) is 3.28. The standard InChI is InChI=1S/C15H13NO3S2/c1-2-18-10-5-6-11-14(8-10)21-15(16-11)20-9-12(17)13-4-3-7-19-13/h3-8H,2,9H2,1H3. The number of hydrogen-bond acceptors (Lipinski definition) is 6. The van der Waals surface area contributed by atoms with Crippen LogP contribution in [0.15, 0.2) is 45.4 Å². The van der Waals surface area contributed by atoms with Crippen molar-refractivity contribution in [3.63, 3.8) is 0 Å². The van der Waals surface area contributed by atoms with E-state index in [2.05, 4.69) is 4.98 Å². The number of carbonyl (C=O) groups excluding carboxylic acids is 1. The number of fused-ring (bicyclic) bond motifs is 1. The number of ketones is 1. The Balaban J connectivity index is 1.71. The lowest BCUT2D eigenvalue weighted by Gasteiger charge is -2.00. The topological polar surface area (TPSA) is 52.3 Å². The predicted octanol–water partition coefficient (Wildman–Crippen LogP) is 4.26. The van der Waals surface area contributed by atoms with Gasteiger partial charge >= 0.3 is 0 Å². The average Bonchev–Trinajstić information content (AvgIpc) is 3.13. The molecule has 1 aromatic carbocycles. The van der Waals surface area contributed by atoms with Crippen LogP contribution < -0.4 is 4.74 Å². The van der Waals surface area contributed by atoms with E-state index in [0.29, 0.717) is 18.1 Å². The number of aromatic nitrogens is 1. The van der Waals surface area contributed by atoms with Gasteiger partial charge in [0, 0.05) is 0 Å². The fourth-order valence-corrected chi connectivity index (χ4v) is 3.80. The molecule has 2 heterocycles. The zero-order valence-corrected chi connectivity index (χ0v) is 13.0. The Morgan fingerprint density at radius 3 is 3.10 bits per heavy atom. The second-order valence-electron chi connectivity index (χ2n) is 4.23. The van der Waals surface area contributed by atoms with Crippen LogP contribution in [0.1, 0.15) is 17.5 Å². The molecule has 4 nitrogen and oxygen atoms in total. The van der Waals surface area contributed by atoms with E-state index >= 15 is 0 Å². The van der Waals surface area contributed by atoms with Crippen molar-refractivity contribution in [1.29, 1.82) is 0 Å². The average molecular weight is 319 g/mol. The number of Topliss-reactive ketones (excluding diaryl/α,β-unsaturated/α-hetero) is 1. The maximum absolute atomic E-state index is 11.9. The van der Waals surface area contributed by atoms with E-state index in [1.165, 1.54) is 18.0 Å². The molecule has 108 valence electrons. The monoisotopic (exact) mass is 319 g/mol. The Morgan fingerprint density at radius 1 is 1.43 bits per heavy atom. The molecule has 0 aliphatic rings. The van der Waals surface area contributed by atoms with Gasteiger partial charge in [0.15, 0.2) is 10.1 Å². The third-order valence-corrected chi connectivity index (χ3v) is 4.94. The summed E-state index contributed by atoms with van der Waals surface area (Å²) in [4.78, 5) is 16.4. The SMILES string of the molecule is CCOc1ccc2nc(SCC(=O)c3ccco3)sc2c1. The van der Waals surface area contributed by atoms with Crippen molar-refractivity contribution in [2.75, 3.05) is 12.4 Å². The summed E-state index contributed by atoms with van der Waals surface area (Å²) in [6, 6.07) is 9.22. The molecular weight excluding hydrogens is 306 g/mol. The number of thiazole rings is 1. The largest absolute Gasteiger partial charge is 0.494 e. The second-order valence-corrected chi connectivity index (χ2v) is 6.48. The first-order valence-electron chi connectivity index (χ1n) is 6.49. The highest BCUT2D eigenvalue weighted by Gasteiger charge is 2.12. The summed E-state index contributed by atoms with van der Waals surface area (Å²) in [6.45, 7) is 2.60. The van der Waals surface area contributed by atoms with E-state index in [9.17, 15) is 4.79 Å². The van der Waals surface area contributed by atoms with Gasteiger partial charge in [0.1, 0.15) is 5.75 Å². The molecular formula is C15H13NO3S2. The van der Waals surface area contributed by atoms with Crippen molar-refractivity contribution < 1.29 is 13.9 Å². The van der Waals surface area contributed by atoms with Crippen LogP contribution in [0.4, 0.5) is 0 Å². The summed E-state index contributed by atoms with van der Waals surface area (Å²) in [7, 11) is 0. The molecule has 0 bridgehead atoms. The van der Waals surface area contributed by atoms with E-state index < -0.39 is 0 Å². The minimum Gasteiger partial charge on any atom is -0.494 e. The van der Waals surface area contributed by atoms with Gasteiger partial charge in [-0.05, 0) is 37.3 Å². The highest BCUT2D eigenvalue weighted by atomic mass is 32.2. The smallest absolute Gasteiger partial charge is 0.208 e. The van der Waals surface area contributed by atoms with Gasteiger partial charge in [-0.15, -0.1) is 11.3 Å². The zero-order valence-electron chi connectivity index (χ0n) is 11.4. The van der Waals surface area contributed by atoms with Crippen molar-refractivity contribution in [2.24, 2.45) is 0 Å². The van der Waals surface area contributed by atoms with Crippen LogP contribution in [-0.4, -0.2) is 23.1 Å². The molecule has 0 amide bonds. The first kappa shape index (κ1) is 14.2. The van der Waals surface area contributed by atoms with E-state index in [1.807, 2.05) is 25.1 Å². The fourth-order valence-electron chi connectivity index (χ4n) is 1.84. The molecule has 0 spiro atoms. The van der Waals surface area contributed by atoms with Gasteiger partial charge in [0.25, 0.3) is 0 Å². The minimum atomic E-state index is -0.0285. The summed E-state index contributed by atoms with van der Waals surface area (Å²) < 4.78 is 12.5. The van der Waals surface area contributed by atoms with Crippen molar-refractivity contribution in [2.45, 2.75) is 11.3 Å². The molecule has 0 fully saturated rings. The molecule has 21 heavy (non-hydrogen) atoms. The Bertz CT molecular complexity index is 749. The van der Waals surface area contributed by atoms with Crippen LogP contribution in [0, 0.1) is 0 Å². The second kappa shape index (κ2) is 6.32. The van der Waals surface area contributed by atoms with Crippen LogP contribution in [0.25, 0.3) is 10.2 Å². The zero-order chi connectivity index (χ0) is 14.7. The number of ether oxygens (including phenoxy) is 1. The van der Waals surface area contributed by atoms with Crippen molar-refractivity contribution in [1.82, 2.24) is 4.98 Å². The molecule has 6 heteroatoms. The van der Waals surface area contributed by atoms with Gasteiger partial charge in [-0.3, -0.25) is 4.79 Å². The summed E-state index contributed by atoms with van der Waals surface area (Å²) in [5.41, 5.74) is 0.927. The van der Waals surface area contributed by atoms with Gasteiger partial charge in [-0.25, -0.2) is 4.98 Å². The van der Waals surface area contributed by atoms with E-state index in [0.717, 1.165) is 20.3 Å². The first-order valence-corrected chi connectivity index (χ1v) is 8.29. The van der Waals surface area contributed by atoms with Gasteiger partial charge in [-0.1, -0.05) is 11.8 Å². The molecule has 2 aromatic heterocycles. The lowest BCUT2D eigenvalue weighted by Crippen LogP contribution is -1.99. The summed E-state index contributed by atoms with van der Waals surface area (Å²) in [5, 5.41) is 0. The number of benzene rings is 1. The van der Waals surface area contributed by atoms with Crippen LogP contribution in [0.3, 0.4) is 0 Å². The van der Waals surface area contributed by atoms with Crippen LogP contribution in [0.2, 0.25) is 0 Å². The van der Waals surface area contributed by atoms with E-state index in [4.69, 9.17) is 9.15 Å². The number of carbonyl (C=O) groups is 1. The van der Waals surface area contributed by atoms with Crippen LogP contribution >= 0.6 is 23.1 Å². The lowest BCUT2D eigenvalue weighted by atomic mass is 10.3. The van der Waals surface area contributed by atoms with Gasteiger partial charge in [0.05, 0.1) is 28.8 Å². The number of furan rings is 1. The number of hydrogen-bond donors (Lipinski definition) is 0. The highest BCUT2D eigenvalue weighted by Crippen LogP contribution is 2.32. The quantitative estimate of drug-likeness (QED) is 0.502. The van der Waals surface area contributed by atoms with Gasteiger partial charge in [0.2, 0.25) is 5.78 Å². The lowest BCUT2D eigenvalue weighted by molar-refractivity contribution is 0.0992. The van der Waals surface area contributed by atoms with Crippen molar-refractivity contribution >= 4 is 39.1 Å². The van der Waals surface area contributed by atoms with Crippen LogP contribution in [0.5, 0.6) is 5.75 Å². The Morgan fingerprint density at radius 2 is 2.33 bits per heavy atom. The molecule has 0 aliphatic heterocycles. The summed E-state index contributed by atoms with van der Waals surface area (Å²) >= 11 is 2.99. The summed E-state index contributed by atoms with van der Waals surface area (Å²) in [6.07, 6.45) is 1.50. The predicted molar refractivity (Wildman–Crippen MR) is 84.6 cm³/mol. The van der Waals surface area contributed by atoms with E-state index in [1.54, 1.807) is 23.5 Å². The Labute approximate surface area is 130 Å². The normalized spacial score (nSPS) is 10.9. The third-order valence-electron chi connectivity index (χ3n) is 2.77. The molecule has 0 unspecified atom stereocenters. The van der Waals surface area contributed by atoms with Crippen LogP contribution in [-0.2, 0) is 0 Å². The summed E-state index contributed by atoms with van der Waals surface area (Å²) in [5.74, 6) is 1.53. The molecule has 0 saturated carbocycles.